The maximum atomic E-state index is 13.9. The SMILES string of the molecule is CC(C)(C)C1=CCN(C(=O)c2cc(F)cc(N)c2F)CC1. The third kappa shape index (κ3) is 3.23. The monoisotopic (exact) mass is 294 g/mol. The van der Waals surface area contributed by atoms with Crippen molar-refractivity contribution in [3.05, 3.63) is 41.0 Å². The second-order valence-electron chi connectivity index (χ2n) is 6.34. The second-order valence-corrected chi connectivity index (χ2v) is 6.34. The lowest BCUT2D eigenvalue weighted by molar-refractivity contribution is 0.0760. The molecule has 1 aliphatic heterocycles. The first-order valence-corrected chi connectivity index (χ1v) is 6.93. The molecular weight excluding hydrogens is 274 g/mol. The number of benzene rings is 1. The molecule has 0 saturated heterocycles. The molecule has 0 saturated carbocycles. The molecule has 0 radical (unpaired) electrons. The summed E-state index contributed by atoms with van der Waals surface area (Å²) in [7, 11) is 0. The molecule has 1 aromatic rings. The molecule has 5 heteroatoms. The first-order chi connectivity index (χ1) is 9.70. The Morgan fingerprint density at radius 2 is 1.95 bits per heavy atom. The minimum absolute atomic E-state index is 0.0592. The molecule has 0 bridgehead atoms. The van der Waals surface area contributed by atoms with Crippen LogP contribution in [0.25, 0.3) is 0 Å². The zero-order valence-corrected chi connectivity index (χ0v) is 12.5. The van der Waals surface area contributed by atoms with Crippen molar-refractivity contribution in [3.8, 4) is 0 Å². The van der Waals surface area contributed by atoms with Gasteiger partial charge in [-0.1, -0.05) is 32.4 Å². The van der Waals surface area contributed by atoms with E-state index in [1.165, 1.54) is 10.5 Å². The lowest BCUT2D eigenvalue weighted by Gasteiger charge is -2.32. The van der Waals surface area contributed by atoms with Crippen molar-refractivity contribution >= 4 is 11.6 Å². The van der Waals surface area contributed by atoms with Gasteiger partial charge >= 0.3 is 0 Å². The Morgan fingerprint density at radius 3 is 2.48 bits per heavy atom. The highest BCUT2D eigenvalue weighted by Crippen LogP contribution is 2.30. The van der Waals surface area contributed by atoms with Crippen LogP contribution in [-0.2, 0) is 0 Å². The Balaban J connectivity index is 2.22. The number of hydrogen-bond donors (Lipinski definition) is 1. The Morgan fingerprint density at radius 1 is 1.29 bits per heavy atom. The normalized spacial score (nSPS) is 15.9. The number of nitrogens with two attached hydrogens (primary N) is 1. The first kappa shape index (κ1) is 15.5. The molecule has 0 unspecified atom stereocenters. The summed E-state index contributed by atoms with van der Waals surface area (Å²) in [5.41, 5.74) is 6.05. The number of carbonyl (C=O) groups is 1. The summed E-state index contributed by atoms with van der Waals surface area (Å²) in [5.74, 6) is -2.09. The van der Waals surface area contributed by atoms with Crippen molar-refractivity contribution in [2.75, 3.05) is 18.8 Å². The van der Waals surface area contributed by atoms with Crippen LogP contribution in [0.2, 0.25) is 0 Å². The number of rotatable bonds is 1. The third-order valence-electron chi connectivity index (χ3n) is 3.76. The molecule has 1 aliphatic rings. The second kappa shape index (κ2) is 5.47. The first-order valence-electron chi connectivity index (χ1n) is 6.93. The van der Waals surface area contributed by atoms with Gasteiger partial charge in [-0.05, 0) is 24.0 Å². The number of nitrogen functional groups attached to an aromatic ring is 1. The molecule has 21 heavy (non-hydrogen) atoms. The summed E-state index contributed by atoms with van der Waals surface area (Å²) < 4.78 is 27.2. The van der Waals surface area contributed by atoms with Gasteiger partial charge in [0.05, 0.1) is 11.3 Å². The molecule has 0 atom stereocenters. The van der Waals surface area contributed by atoms with E-state index in [2.05, 4.69) is 20.8 Å². The average molecular weight is 294 g/mol. The van der Waals surface area contributed by atoms with Crippen LogP contribution in [0.4, 0.5) is 14.5 Å². The van der Waals surface area contributed by atoms with Gasteiger partial charge in [0.15, 0.2) is 5.82 Å². The lowest BCUT2D eigenvalue weighted by atomic mass is 9.83. The van der Waals surface area contributed by atoms with Gasteiger partial charge < -0.3 is 10.6 Å². The summed E-state index contributed by atoms with van der Waals surface area (Å²) >= 11 is 0. The third-order valence-corrected chi connectivity index (χ3v) is 3.76. The van der Waals surface area contributed by atoms with Crippen LogP contribution < -0.4 is 5.73 Å². The van der Waals surface area contributed by atoms with Crippen molar-refractivity contribution in [1.29, 1.82) is 0 Å². The summed E-state index contributed by atoms with van der Waals surface area (Å²) in [5, 5.41) is 0. The zero-order valence-electron chi connectivity index (χ0n) is 12.5. The summed E-state index contributed by atoms with van der Waals surface area (Å²) in [6.45, 7) is 7.24. The summed E-state index contributed by atoms with van der Waals surface area (Å²) in [6.07, 6.45) is 2.73. The molecule has 114 valence electrons. The molecule has 2 rings (SSSR count). The van der Waals surface area contributed by atoms with Crippen molar-refractivity contribution in [1.82, 2.24) is 4.90 Å². The molecular formula is C16H20F2N2O. The van der Waals surface area contributed by atoms with E-state index in [4.69, 9.17) is 5.73 Å². The Bertz CT molecular complexity index is 603. The van der Waals surface area contributed by atoms with Crippen LogP contribution in [0.5, 0.6) is 0 Å². The fourth-order valence-corrected chi connectivity index (χ4v) is 2.47. The van der Waals surface area contributed by atoms with Crippen LogP contribution in [0.15, 0.2) is 23.8 Å². The molecule has 0 spiro atoms. The van der Waals surface area contributed by atoms with Crippen molar-refractivity contribution in [2.24, 2.45) is 5.41 Å². The molecule has 2 N–H and O–H groups in total. The standard InChI is InChI=1S/C16H20F2N2O/c1-16(2,3)10-4-6-20(7-5-10)15(21)12-8-11(17)9-13(19)14(12)18/h4,8-9H,5-7,19H2,1-3H3. The topological polar surface area (TPSA) is 46.3 Å². The minimum atomic E-state index is -0.855. The van der Waals surface area contributed by atoms with Gasteiger partial charge in [0.2, 0.25) is 0 Å². The van der Waals surface area contributed by atoms with E-state index in [0.29, 0.717) is 13.1 Å². The highest BCUT2D eigenvalue weighted by Gasteiger charge is 2.26. The average Bonchev–Trinajstić information content (AvgIpc) is 2.41. The number of amides is 1. The number of nitrogens with zero attached hydrogens (tertiary/aromatic N) is 1. The van der Waals surface area contributed by atoms with Crippen LogP contribution in [0, 0.1) is 17.0 Å². The molecule has 0 aliphatic carbocycles. The van der Waals surface area contributed by atoms with E-state index < -0.39 is 17.5 Å². The smallest absolute Gasteiger partial charge is 0.257 e. The van der Waals surface area contributed by atoms with E-state index in [1.807, 2.05) is 6.08 Å². The predicted molar refractivity (Wildman–Crippen MR) is 78.8 cm³/mol. The van der Waals surface area contributed by atoms with Gasteiger partial charge in [-0.2, -0.15) is 0 Å². The molecule has 1 aromatic carbocycles. The number of carbonyl (C=O) groups excluding carboxylic acids is 1. The van der Waals surface area contributed by atoms with E-state index >= 15 is 0 Å². The fourth-order valence-electron chi connectivity index (χ4n) is 2.47. The van der Waals surface area contributed by atoms with E-state index in [1.54, 1.807) is 0 Å². The van der Waals surface area contributed by atoms with Gasteiger partial charge in [0.25, 0.3) is 5.91 Å². The maximum Gasteiger partial charge on any atom is 0.257 e. The van der Waals surface area contributed by atoms with Crippen molar-refractivity contribution in [3.63, 3.8) is 0 Å². The molecule has 0 aromatic heterocycles. The van der Waals surface area contributed by atoms with Gasteiger partial charge in [-0.3, -0.25) is 4.79 Å². The van der Waals surface area contributed by atoms with E-state index in [-0.39, 0.29) is 16.7 Å². The maximum absolute atomic E-state index is 13.9. The predicted octanol–water partition coefficient (Wildman–Crippen LogP) is 3.37. The summed E-state index contributed by atoms with van der Waals surface area (Å²) in [4.78, 5) is 13.8. The zero-order chi connectivity index (χ0) is 15.8. The van der Waals surface area contributed by atoms with Crippen LogP contribution in [-0.4, -0.2) is 23.9 Å². The molecule has 1 heterocycles. The highest BCUT2D eigenvalue weighted by atomic mass is 19.1. The largest absolute Gasteiger partial charge is 0.396 e. The summed E-state index contributed by atoms with van der Waals surface area (Å²) in [6, 6.07) is 1.77. The van der Waals surface area contributed by atoms with Crippen molar-refractivity contribution < 1.29 is 13.6 Å². The van der Waals surface area contributed by atoms with Crippen LogP contribution in [0.3, 0.4) is 0 Å². The van der Waals surface area contributed by atoms with Crippen LogP contribution in [0.1, 0.15) is 37.6 Å². The van der Waals surface area contributed by atoms with E-state index in [0.717, 1.165) is 18.6 Å². The van der Waals surface area contributed by atoms with Gasteiger partial charge in [-0.25, -0.2) is 8.78 Å². The molecule has 1 amide bonds. The van der Waals surface area contributed by atoms with Gasteiger partial charge in [0.1, 0.15) is 5.82 Å². The van der Waals surface area contributed by atoms with Gasteiger partial charge in [0, 0.05) is 13.1 Å². The number of hydrogen-bond acceptors (Lipinski definition) is 2. The van der Waals surface area contributed by atoms with E-state index in [9.17, 15) is 13.6 Å². The van der Waals surface area contributed by atoms with Crippen LogP contribution >= 0.6 is 0 Å². The lowest BCUT2D eigenvalue weighted by Crippen LogP contribution is -2.37. The number of halogens is 2. The Labute approximate surface area is 123 Å². The molecule has 3 nitrogen and oxygen atoms in total. The van der Waals surface area contributed by atoms with Gasteiger partial charge in [-0.15, -0.1) is 0 Å². The Kier molecular flexibility index (Phi) is 4.03. The van der Waals surface area contributed by atoms with Crippen molar-refractivity contribution in [2.45, 2.75) is 27.2 Å². The minimum Gasteiger partial charge on any atom is -0.396 e. The quantitative estimate of drug-likeness (QED) is 0.637. The number of anilines is 1. The molecule has 0 fully saturated rings. The Hall–Kier alpha value is -1.91. The highest BCUT2D eigenvalue weighted by molar-refractivity contribution is 5.95. The fraction of sp³-hybridized carbons (Fsp3) is 0.438.